The van der Waals surface area contributed by atoms with Crippen LogP contribution in [0.1, 0.15) is 11.1 Å². The van der Waals surface area contributed by atoms with E-state index in [1.54, 1.807) is 37.0 Å². The quantitative estimate of drug-likeness (QED) is 0.265. The number of hydrogen-bond donors (Lipinski definition) is 1. The van der Waals surface area contributed by atoms with Gasteiger partial charge in [-0.1, -0.05) is 23.9 Å². The molecule has 4 rings (SSSR count). The van der Waals surface area contributed by atoms with Crippen LogP contribution >= 0.6 is 11.9 Å². The third kappa shape index (κ3) is 5.01. The molecule has 0 saturated heterocycles. The molecular weight excluding hydrogens is 454 g/mol. The van der Waals surface area contributed by atoms with Crippen LogP contribution in [0, 0.1) is 0 Å². The fourth-order valence-electron chi connectivity index (χ4n) is 3.49. The Morgan fingerprint density at radius 3 is 2.79 bits per heavy atom. The fourth-order valence-corrected chi connectivity index (χ4v) is 4.23. The van der Waals surface area contributed by atoms with E-state index in [2.05, 4.69) is 21.6 Å². The molecule has 0 aliphatic heterocycles. The van der Waals surface area contributed by atoms with E-state index < -0.39 is 0 Å². The summed E-state index contributed by atoms with van der Waals surface area (Å²) in [6.07, 6.45) is 4.94. The molecule has 2 aromatic heterocycles. The summed E-state index contributed by atoms with van der Waals surface area (Å²) in [6.45, 7) is 4.47. The van der Waals surface area contributed by atoms with Crippen LogP contribution in [0.25, 0.3) is 11.0 Å². The van der Waals surface area contributed by atoms with E-state index in [9.17, 15) is 4.79 Å². The standard InChI is InChI=1S/C24H25N5O4S/c1-5-22(30)28(2)13-17-12-25-29(15-17)14-16-10-19(32-4)23-20(11-16)33-26-24(23)27-34-21-9-7-6-8-18(21)31-3/h5-12,15H,1,13-14H2,2-4H3,(H,26,27). The van der Waals surface area contributed by atoms with Crippen molar-refractivity contribution in [1.29, 1.82) is 0 Å². The Morgan fingerprint density at radius 2 is 2.03 bits per heavy atom. The number of fused-ring (bicyclic) bond motifs is 1. The Morgan fingerprint density at radius 1 is 1.24 bits per heavy atom. The number of para-hydroxylation sites is 1. The maximum absolute atomic E-state index is 11.7. The highest BCUT2D eigenvalue weighted by Gasteiger charge is 2.17. The molecule has 0 unspecified atom stereocenters. The van der Waals surface area contributed by atoms with Crippen LogP contribution in [-0.2, 0) is 17.9 Å². The molecule has 2 aromatic carbocycles. The van der Waals surface area contributed by atoms with Gasteiger partial charge in [-0.25, -0.2) is 0 Å². The van der Waals surface area contributed by atoms with Crippen LogP contribution in [0.4, 0.5) is 5.82 Å². The predicted octanol–water partition coefficient (Wildman–Crippen LogP) is 4.35. The van der Waals surface area contributed by atoms with Crippen molar-refractivity contribution >= 4 is 34.6 Å². The van der Waals surface area contributed by atoms with Crippen LogP contribution in [0.15, 0.2) is 70.9 Å². The summed E-state index contributed by atoms with van der Waals surface area (Å²) in [6, 6.07) is 11.6. The lowest BCUT2D eigenvalue weighted by Gasteiger charge is -2.13. The average Bonchev–Trinajstić information content (AvgIpc) is 3.48. The highest BCUT2D eigenvalue weighted by molar-refractivity contribution is 8.00. The number of carbonyl (C=O) groups is 1. The molecule has 0 aliphatic rings. The minimum atomic E-state index is -0.137. The summed E-state index contributed by atoms with van der Waals surface area (Å²) in [5.74, 6) is 1.83. The van der Waals surface area contributed by atoms with Crippen molar-refractivity contribution in [3.05, 3.63) is 72.6 Å². The van der Waals surface area contributed by atoms with E-state index in [1.807, 2.05) is 42.6 Å². The van der Waals surface area contributed by atoms with Gasteiger partial charge in [-0.2, -0.15) is 5.10 Å². The first kappa shape index (κ1) is 23.2. The van der Waals surface area contributed by atoms with Gasteiger partial charge in [-0.3, -0.25) is 9.48 Å². The van der Waals surface area contributed by atoms with E-state index in [-0.39, 0.29) is 5.91 Å². The average molecular weight is 480 g/mol. The van der Waals surface area contributed by atoms with Gasteiger partial charge >= 0.3 is 0 Å². The maximum Gasteiger partial charge on any atom is 0.245 e. The second-order valence-electron chi connectivity index (χ2n) is 7.50. The van der Waals surface area contributed by atoms with Gasteiger partial charge in [0.05, 0.1) is 31.9 Å². The van der Waals surface area contributed by atoms with Gasteiger partial charge in [0.25, 0.3) is 0 Å². The van der Waals surface area contributed by atoms with Crippen molar-refractivity contribution in [1.82, 2.24) is 19.8 Å². The molecule has 0 fully saturated rings. The van der Waals surface area contributed by atoms with Crippen molar-refractivity contribution in [2.75, 3.05) is 26.0 Å². The molecule has 10 heteroatoms. The number of amides is 1. The summed E-state index contributed by atoms with van der Waals surface area (Å²) in [5.41, 5.74) is 2.46. The minimum absolute atomic E-state index is 0.137. The number of ether oxygens (including phenoxy) is 2. The Bertz CT molecular complexity index is 1320. The number of anilines is 1. The summed E-state index contributed by atoms with van der Waals surface area (Å²) in [7, 11) is 4.97. The number of methoxy groups -OCH3 is 2. The number of likely N-dealkylation sites (N-methyl/N-ethyl adjacent to an activating group) is 1. The van der Waals surface area contributed by atoms with Crippen LogP contribution < -0.4 is 14.2 Å². The summed E-state index contributed by atoms with van der Waals surface area (Å²) in [5, 5.41) is 9.35. The zero-order valence-electron chi connectivity index (χ0n) is 19.1. The second-order valence-corrected chi connectivity index (χ2v) is 8.35. The highest BCUT2D eigenvalue weighted by Crippen LogP contribution is 2.37. The number of benzene rings is 2. The molecule has 176 valence electrons. The maximum atomic E-state index is 11.7. The third-order valence-corrected chi connectivity index (χ3v) is 6.00. The Hall–Kier alpha value is -3.92. The normalized spacial score (nSPS) is 10.8. The SMILES string of the molecule is C=CC(=O)N(C)Cc1cnn(Cc2cc(OC)c3c(NSc4ccccc4OC)noc3c2)c1. The molecule has 2 heterocycles. The Labute approximate surface area is 201 Å². The van der Waals surface area contributed by atoms with Gasteiger partial charge < -0.3 is 23.6 Å². The molecule has 0 radical (unpaired) electrons. The molecule has 0 aliphatic carbocycles. The third-order valence-electron chi connectivity index (χ3n) is 5.15. The van der Waals surface area contributed by atoms with Gasteiger partial charge in [0.15, 0.2) is 11.4 Å². The van der Waals surface area contributed by atoms with E-state index >= 15 is 0 Å². The molecule has 9 nitrogen and oxygen atoms in total. The molecule has 0 saturated carbocycles. The van der Waals surface area contributed by atoms with Crippen LogP contribution in [0.5, 0.6) is 11.5 Å². The van der Waals surface area contributed by atoms with E-state index in [0.717, 1.165) is 27.2 Å². The lowest BCUT2D eigenvalue weighted by atomic mass is 10.1. The first-order valence-electron chi connectivity index (χ1n) is 10.4. The highest BCUT2D eigenvalue weighted by atomic mass is 32.2. The summed E-state index contributed by atoms with van der Waals surface area (Å²) < 4.78 is 21.7. The zero-order valence-corrected chi connectivity index (χ0v) is 20.0. The number of aromatic nitrogens is 3. The molecule has 34 heavy (non-hydrogen) atoms. The Balaban J connectivity index is 1.52. The molecule has 1 amide bonds. The van der Waals surface area contributed by atoms with E-state index in [1.165, 1.54) is 18.0 Å². The van der Waals surface area contributed by atoms with E-state index in [0.29, 0.717) is 30.2 Å². The Kier molecular flexibility index (Phi) is 7.07. The molecule has 0 atom stereocenters. The minimum Gasteiger partial charge on any atom is -0.496 e. The predicted molar refractivity (Wildman–Crippen MR) is 131 cm³/mol. The van der Waals surface area contributed by atoms with Gasteiger partial charge in [-0.15, -0.1) is 0 Å². The summed E-state index contributed by atoms with van der Waals surface area (Å²) in [4.78, 5) is 14.2. The lowest BCUT2D eigenvalue weighted by molar-refractivity contribution is -0.125. The van der Waals surface area contributed by atoms with Crippen molar-refractivity contribution in [2.45, 2.75) is 18.0 Å². The number of nitrogens with zero attached hydrogens (tertiary/aromatic N) is 4. The monoisotopic (exact) mass is 479 g/mol. The fraction of sp³-hybridized carbons (Fsp3) is 0.208. The molecule has 1 N–H and O–H groups in total. The largest absolute Gasteiger partial charge is 0.496 e. The van der Waals surface area contributed by atoms with Gasteiger partial charge in [-0.05, 0) is 47.9 Å². The molecule has 0 spiro atoms. The molecule has 0 bridgehead atoms. The number of rotatable bonds is 10. The summed E-state index contributed by atoms with van der Waals surface area (Å²) >= 11 is 1.38. The number of nitrogens with one attached hydrogen (secondary N) is 1. The van der Waals surface area contributed by atoms with Gasteiger partial charge in [0.1, 0.15) is 16.9 Å². The van der Waals surface area contributed by atoms with Crippen LogP contribution in [0.2, 0.25) is 0 Å². The van der Waals surface area contributed by atoms with Gasteiger partial charge in [0.2, 0.25) is 5.91 Å². The van der Waals surface area contributed by atoms with Crippen molar-refractivity contribution < 1.29 is 18.8 Å². The van der Waals surface area contributed by atoms with Crippen molar-refractivity contribution in [3.63, 3.8) is 0 Å². The number of carbonyl (C=O) groups excluding carboxylic acids is 1. The van der Waals surface area contributed by atoms with Gasteiger partial charge in [0, 0.05) is 25.4 Å². The van der Waals surface area contributed by atoms with Crippen molar-refractivity contribution in [2.24, 2.45) is 0 Å². The first-order valence-corrected chi connectivity index (χ1v) is 11.2. The van der Waals surface area contributed by atoms with Crippen LogP contribution in [0.3, 0.4) is 0 Å². The van der Waals surface area contributed by atoms with Crippen LogP contribution in [-0.4, -0.2) is 47.0 Å². The lowest BCUT2D eigenvalue weighted by Crippen LogP contribution is -2.23. The van der Waals surface area contributed by atoms with E-state index in [4.69, 9.17) is 14.0 Å². The molecular formula is C24H25N5O4S. The smallest absolute Gasteiger partial charge is 0.245 e. The zero-order chi connectivity index (χ0) is 24.1. The first-order chi connectivity index (χ1) is 16.5. The topological polar surface area (TPSA) is 94.7 Å². The van der Waals surface area contributed by atoms with Crippen molar-refractivity contribution in [3.8, 4) is 11.5 Å². The molecule has 4 aromatic rings. The number of hydrogen-bond acceptors (Lipinski definition) is 8. The second kappa shape index (κ2) is 10.3.